The number of nitro groups is 1. The van der Waals surface area contributed by atoms with Gasteiger partial charge in [0, 0.05) is 18.9 Å². The van der Waals surface area contributed by atoms with Crippen LogP contribution in [0.5, 0.6) is 0 Å². The molecule has 0 aliphatic rings. The lowest BCUT2D eigenvalue weighted by Gasteiger charge is -2.05. The van der Waals surface area contributed by atoms with Crippen molar-refractivity contribution in [2.75, 3.05) is 18.6 Å². The van der Waals surface area contributed by atoms with Crippen LogP contribution in [0.2, 0.25) is 0 Å². The van der Waals surface area contributed by atoms with Gasteiger partial charge in [-0.3, -0.25) is 10.1 Å². The van der Waals surface area contributed by atoms with E-state index < -0.39 is 14.8 Å². The first-order valence-corrected chi connectivity index (χ1v) is 8.46. The molecule has 6 nitrogen and oxygen atoms in total. The van der Waals surface area contributed by atoms with E-state index in [-0.39, 0.29) is 11.4 Å². The van der Waals surface area contributed by atoms with Gasteiger partial charge in [0.25, 0.3) is 5.69 Å². The Labute approximate surface area is 120 Å². The van der Waals surface area contributed by atoms with Crippen molar-refractivity contribution < 1.29 is 13.3 Å². The van der Waals surface area contributed by atoms with Crippen LogP contribution in [0.25, 0.3) is 0 Å². The van der Waals surface area contributed by atoms with Crippen LogP contribution in [-0.2, 0) is 16.4 Å². The van der Waals surface area contributed by atoms with Gasteiger partial charge in [-0.1, -0.05) is 6.07 Å². The van der Waals surface area contributed by atoms with Crippen molar-refractivity contribution in [3.8, 4) is 0 Å². The van der Waals surface area contributed by atoms with E-state index in [1.165, 1.54) is 12.3 Å². The van der Waals surface area contributed by atoms with E-state index in [9.17, 15) is 18.5 Å². The number of hydrogen-bond donors (Lipinski definition) is 1. The number of nitrogens with zero attached hydrogens (tertiary/aromatic N) is 1. The zero-order valence-corrected chi connectivity index (χ0v) is 12.8. The van der Waals surface area contributed by atoms with Gasteiger partial charge in [-0.05, 0) is 40.5 Å². The summed E-state index contributed by atoms with van der Waals surface area (Å²) in [7, 11) is -2.93. The third-order valence-electron chi connectivity index (χ3n) is 2.41. The normalized spacial score (nSPS) is 11.5. The molecule has 0 atom stereocenters. The highest BCUT2D eigenvalue weighted by Crippen LogP contribution is 2.25. The van der Waals surface area contributed by atoms with Gasteiger partial charge in [0.15, 0.2) is 0 Å². The van der Waals surface area contributed by atoms with Crippen LogP contribution in [0.4, 0.5) is 5.69 Å². The van der Waals surface area contributed by atoms with Crippen molar-refractivity contribution in [3.63, 3.8) is 0 Å². The highest BCUT2D eigenvalue weighted by molar-refractivity contribution is 9.10. The second-order valence-electron chi connectivity index (χ2n) is 4.20. The minimum atomic E-state index is -2.93. The summed E-state index contributed by atoms with van der Waals surface area (Å²) in [5.74, 6) is 0.139. The molecule has 0 aliphatic heterocycles. The molecular formula is C11H15BrN2O4S. The molecule has 0 aromatic heterocycles. The van der Waals surface area contributed by atoms with Crippen LogP contribution in [0.15, 0.2) is 22.7 Å². The molecule has 0 bridgehead atoms. The first-order valence-electron chi connectivity index (χ1n) is 5.61. The first kappa shape index (κ1) is 16.1. The van der Waals surface area contributed by atoms with Crippen LogP contribution in [0.3, 0.4) is 0 Å². The molecule has 0 amide bonds. The lowest BCUT2D eigenvalue weighted by atomic mass is 10.2. The molecule has 0 radical (unpaired) electrons. The highest BCUT2D eigenvalue weighted by Gasteiger charge is 2.11. The van der Waals surface area contributed by atoms with Gasteiger partial charge in [0.1, 0.15) is 9.84 Å². The van der Waals surface area contributed by atoms with Gasteiger partial charge >= 0.3 is 0 Å². The van der Waals surface area contributed by atoms with Gasteiger partial charge in [0.2, 0.25) is 0 Å². The fourth-order valence-corrected chi connectivity index (χ4v) is 2.56. The highest BCUT2D eigenvalue weighted by atomic mass is 79.9. The topological polar surface area (TPSA) is 89.3 Å². The summed E-state index contributed by atoms with van der Waals surface area (Å²) in [5, 5.41) is 13.8. The summed E-state index contributed by atoms with van der Waals surface area (Å²) >= 11 is 3.12. The minimum Gasteiger partial charge on any atom is -0.313 e. The smallest absolute Gasteiger partial charge is 0.283 e. The molecule has 106 valence electrons. The summed E-state index contributed by atoms with van der Waals surface area (Å²) in [6.45, 7) is 1.02. The maximum Gasteiger partial charge on any atom is 0.283 e. The predicted octanol–water partition coefficient (Wildman–Crippen LogP) is 1.88. The van der Waals surface area contributed by atoms with Gasteiger partial charge in [-0.25, -0.2) is 8.42 Å². The van der Waals surface area contributed by atoms with Gasteiger partial charge in [-0.15, -0.1) is 0 Å². The summed E-state index contributed by atoms with van der Waals surface area (Å²) in [5.41, 5.74) is 0.810. The van der Waals surface area contributed by atoms with E-state index >= 15 is 0 Å². The second kappa shape index (κ2) is 6.97. The molecule has 1 N–H and O–H groups in total. The summed E-state index contributed by atoms with van der Waals surface area (Å²) in [4.78, 5) is 10.3. The van der Waals surface area contributed by atoms with E-state index in [1.54, 1.807) is 12.1 Å². The van der Waals surface area contributed by atoms with Crippen molar-refractivity contribution in [1.29, 1.82) is 0 Å². The van der Waals surface area contributed by atoms with E-state index in [0.717, 1.165) is 5.56 Å². The van der Waals surface area contributed by atoms with Crippen LogP contribution >= 0.6 is 15.9 Å². The first-order chi connectivity index (χ1) is 8.79. The summed E-state index contributed by atoms with van der Waals surface area (Å²) in [6, 6.07) is 4.90. The van der Waals surface area contributed by atoms with Crippen LogP contribution in [0, 0.1) is 10.1 Å². The molecule has 1 rings (SSSR count). The maximum absolute atomic E-state index is 10.9. The van der Waals surface area contributed by atoms with Gasteiger partial charge in [-0.2, -0.15) is 0 Å². The standard InChI is InChI=1S/C11H15BrN2O4S/c1-19(17,18)6-2-5-13-8-9-3-4-10(12)11(7-9)14(15)16/h3-4,7,13H,2,5-6,8H2,1H3. The number of rotatable bonds is 7. The molecule has 8 heteroatoms. The SMILES string of the molecule is CS(=O)(=O)CCCNCc1ccc(Br)c([N+](=O)[O-])c1. The Balaban J connectivity index is 2.46. The molecule has 1 aromatic carbocycles. The molecule has 1 aromatic rings. The van der Waals surface area contributed by atoms with Crippen LogP contribution in [0.1, 0.15) is 12.0 Å². The Bertz CT molecular complexity index is 560. The average Bonchev–Trinajstić information content (AvgIpc) is 2.29. The Morgan fingerprint density at radius 1 is 1.42 bits per heavy atom. The van der Waals surface area contributed by atoms with E-state index in [0.29, 0.717) is 24.0 Å². The molecule has 0 unspecified atom stereocenters. The molecule has 19 heavy (non-hydrogen) atoms. The fourth-order valence-electron chi connectivity index (χ4n) is 1.50. The molecule has 0 saturated heterocycles. The lowest BCUT2D eigenvalue weighted by Crippen LogP contribution is -2.17. The quantitative estimate of drug-likeness (QED) is 0.460. The summed E-state index contributed by atoms with van der Waals surface area (Å²) in [6.07, 6.45) is 1.72. The van der Waals surface area contributed by atoms with E-state index in [4.69, 9.17) is 0 Å². The number of hydrogen-bond acceptors (Lipinski definition) is 5. The Hall–Kier alpha value is -0.990. The molecule has 0 heterocycles. The Morgan fingerprint density at radius 3 is 2.68 bits per heavy atom. The van der Waals surface area contributed by atoms with E-state index in [2.05, 4.69) is 21.2 Å². The Kier molecular flexibility index (Phi) is 5.89. The Morgan fingerprint density at radius 2 is 2.11 bits per heavy atom. The largest absolute Gasteiger partial charge is 0.313 e. The van der Waals surface area contributed by atoms with Gasteiger partial charge in [0.05, 0.1) is 15.1 Å². The third kappa shape index (κ3) is 6.13. The summed E-state index contributed by atoms with van der Waals surface area (Å²) < 4.78 is 22.3. The van der Waals surface area contributed by atoms with Crippen molar-refractivity contribution >= 4 is 31.5 Å². The number of nitro benzene ring substituents is 1. The molecule has 0 spiro atoms. The fraction of sp³-hybridized carbons (Fsp3) is 0.455. The predicted molar refractivity (Wildman–Crippen MR) is 76.8 cm³/mol. The molecule has 0 saturated carbocycles. The lowest BCUT2D eigenvalue weighted by molar-refractivity contribution is -0.385. The minimum absolute atomic E-state index is 0.0236. The van der Waals surface area contributed by atoms with Crippen molar-refractivity contribution in [1.82, 2.24) is 5.32 Å². The van der Waals surface area contributed by atoms with Gasteiger partial charge < -0.3 is 5.32 Å². The van der Waals surface area contributed by atoms with Crippen LogP contribution < -0.4 is 5.32 Å². The van der Waals surface area contributed by atoms with Crippen molar-refractivity contribution in [2.24, 2.45) is 0 Å². The number of sulfone groups is 1. The van der Waals surface area contributed by atoms with E-state index in [1.807, 2.05) is 0 Å². The number of nitrogens with one attached hydrogen (secondary N) is 1. The van der Waals surface area contributed by atoms with Crippen molar-refractivity contribution in [2.45, 2.75) is 13.0 Å². The average molecular weight is 351 g/mol. The number of halogens is 1. The zero-order chi connectivity index (χ0) is 14.5. The monoisotopic (exact) mass is 350 g/mol. The number of benzene rings is 1. The van der Waals surface area contributed by atoms with Crippen LogP contribution in [-0.4, -0.2) is 31.9 Å². The van der Waals surface area contributed by atoms with Crippen molar-refractivity contribution in [3.05, 3.63) is 38.3 Å². The molecule has 0 aliphatic carbocycles. The zero-order valence-electron chi connectivity index (χ0n) is 10.4. The maximum atomic E-state index is 10.9. The third-order valence-corrected chi connectivity index (χ3v) is 4.11. The molecule has 0 fully saturated rings. The molecular weight excluding hydrogens is 336 g/mol. The second-order valence-corrected chi connectivity index (χ2v) is 7.32.